The van der Waals surface area contributed by atoms with E-state index >= 15 is 0 Å². The van der Waals surface area contributed by atoms with Gasteiger partial charge in [0, 0.05) is 19.2 Å². The van der Waals surface area contributed by atoms with Crippen molar-refractivity contribution in [2.24, 2.45) is 0 Å². The maximum absolute atomic E-state index is 13.5. The molecule has 0 fully saturated rings. The van der Waals surface area contributed by atoms with Gasteiger partial charge in [-0.15, -0.1) is 0 Å². The Hall–Kier alpha value is -3.34. The molecule has 0 saturated carbocycles. The molecule has 2 amide bonds. The van der Waals surface area contributed by atoms with E-state index in [0.717, 1.165) is 23.4 Å². The zero-order chi connectivity index (χ0) is 26.9. The summed E-state index contributed by atoms with van der Waals surface area (Å²) in [5, 5.41) is 2.80. The first-order chi connectivity index (χ1) is 17.0. The van der Waals surface area contributed by atoms with Crippen LogP contribution in [-0.2, 0) is 26.2 Å². The number of sulfonamides is 1. The molecule has 0 bridgehead atoms. The number of carbonyl (C=O) groups excluding carboxylic acids is 2. The minimum atomic E-state index is -3.93. The molecule has 1 N–H and O–H groups in total. The van der Waals surface area contributed by atoms with Crippen LogP contribution in [0.25, 0.3) is 0 Å². The zero-order valence-corrected chi connectivity index (χ0v) is 22.1. The van der Waals surface area contributed by atoms with E-state index in [4.69, 9.17) is 9.47 Å². The third-order valence-electron chi connectivity index (χ3n) is 5.60. The van der Waals surface area contributed by atoms with Crippen LogP contribution in [0.4, 0.5) is 10.1 Å². The number of unbranched alkanes of at least 4 members (excludes halogenated alkanes) is 1. The average molecular weight is 524 g/mol. The van der Waals surface area contributed by atoms with Gasteiger partial charge in [0.2, 0.25) is 21.8 Å². The van der Waals surface area contributed by atoms with Gasteiger partial charge in [-0.3, -0.25) is 13.9 Å². The number of hydrogen-bond donors (Lipinski definition) is 1. The first-order valence-electron chi connectivity index (χ1n) is 11.5. The zero-order valence-electron chi connectivity index (χ0n) is 21.3. The van der Waals surface area contributed by atoms with Crippen molar-refractivity contribution in [2.75, 3.05) is 37.9 Å². The molecular formula is C25H34FN3O6S. The second-order valence-corrected chi connectivity index (χ2v) is 10.2. The summed E-state index contributed by atoms with van der Waals surface area (Å²) in [6.07, 6.45) is 2.65. The van der Waals surface area contributed by atoms with Crippen LogP contribution in [0.3, 0.4) is 0 Å². The SMILES string of the molecule is CCCCNC(=O)[C@@H](C)N(Cc1ccc(F)cc1)C(=O)CN(c1ccc(OC)cc1OC)S(C)(=O)=O. The Morgan fingerprint density at radius 2 is 1.75 bits per heavy atom. The number of ether oxygens (including phenoxy) is 2. The van der Waals surface area contributed by atoms with Crippen molar-refractivity contribution in [1.29, 1.82) is 0 Å². The van der Waals surface area contributed by atoms with Crippen LogP contribution in [0.1, 0.15) is 32.3 Å². The lowest BCUT2D eigenvalue weighted by Crippen LogP contribution is -2.51. The molecule has 0 radical (unpaired) electrons. The maximum Gasteiger partial charge on any atom is 0.244 e. The van der Waals surface area contributed by atoms with Gasteiger partial charge in [-0.2, -0.15) is 0 Å². The molecule has 9 nitrogen and oxygen atoms in total. The third-order valence-corrected chi connectivity index (χ3v) is 6.72. The van der Waals surface area contributed by atoms with E-state index in [-0.39, 0.29) is 23.9 Å². The number of rotatable bonds is 13. The topological polar surface area (TPSA) is 105 Å². The molecule has 0 saturated heterocycles. The first-order valence-corrected chi connectivity index (χ1v) is 13.4. The Bertz CT molecular complexity index is 1140. The van der Waals surface area contributed by atoms with Crippen molar-refractivity contribution in [3.05, 3.63) is 53.8 Å². The van der Waals surface area contributed by atoms with E-state index in [1.54, 1.807) is 13.0 Å². The van der Waals surface area contributed by atoms with Crippen LogP contribution in [0, 0.1) is 5.82 Å². The molecular weight excluding hydrogens is 489 g/mol. The standard InChI is InChI=1S/C25H34FN3O6S/c1-6-7-14-27-25(31)18(2)28(16-19-8-10-20(26)11-9-19)24(30)17-29(36(5,32)33)22-13-12-21(34-3)15-23(22)35-4/h8-13,15,18H,6-7,14,16-17H2,1-5H3,(H,27,31)/t18-/m1/s1. The van der Waals surface area contributed by atoms with E-state index in [1.807, 2.05) is 6.92 Å². The highest BCUT2D eigenvalue weighted by Crippen LogP contribution is 2.33. The number of amides is 2. The predicted octanol–water partition coefficient (Wildman–Crippen LogP) is 2.94. The molecule has 2 aromatic rings. The van der Waals surface area contributed by atoms with E-state index < -0.39 is 34.3 Å². The lowest BCUT2D eigenvalue weighted by Gasteiger charge is -2.32. The predicted molar refractivity (Wildman–Crippen MR) is 136 cm³/mol. The Morgan fingerprint density at radius 1 is 1.08 bits per heavy atom. The van der Waals surface area contributed by atoms with Crippen LogP contribution in [0.5, 0.6) is 11.5 Å². The van der Waals surface area contributed by atoms with Crippen molar-refractivity contribution in [3.63, 3.8) is 0 Å². The number of hydrogen-bond acceptors (Lipinski definition) is 6. The number of anilines is 1. The van der Waals surface area contributed by atoms with Crippen LogP contribution < -0.4 is 19.1 Å². The van der Waals surface area contributed by atoms with Crippen LogP contribution in [0.2, 0.25) is 0 Å². The number of methoxy groups -OCH3 is 2. The molecule has 2 rings (SSSR count). The van der Waals surface area contributed by atoms with Gasteiger partial charge in [0.05, 0.1) is 26.2 Å². The molecule has 0 aliphatic rings. The highest BCUT2D eigenvalue weighted by atomic mass is 32.2. The third kappa shape index (κ3) is 7.84. The molecule has 0 heterocycles. The number of carbonyl (C=O) groups is 2. The fraction of sp³-hybridized carbons (Fsp3) is 0.440. The van der Waals surface area contributed by atoms with Crippen molar-refractivity contribution >= 4 is 27.5 Å². The van der Waals surface area contributed by atoms with Crippen molar-refractivity contribution in [2.45, 2.75) is 39.3 Å². The maximum atomic E-state index is 13.5. The summed E-state index contributed by atoms with van der Waals surface area (Å²) in [6, 6.07) is 9.19. The molecule has 0 aliphatic carbocycles. The number of halogens is 1. The number of benzene rings is 2. The van der Waals surface area contributed by atoms with Crippen molar-refractivity contribution in [1.82, 2.24) is 10.2 Å². The summed E-state index contributed by atoms with van der Waals surface area (Å²) in [7, 11) is -1.08. The molecule has 2 aromatic carbocycles. The number of nitrogens with zero attached hydrogens (tertiary/aromatic N) is 2. The summed E-state index contributed by atoms with van der Waals surface area (Å²) in [5.74, 6) is -0.766. The summed E-state index contributed by atoms with van der Waals surface area (Å²) in [6.45, 7) is 3.43. The normalized spacial score (nSPS) is 11.9. The van der Waals surface area contributed by atoms with Gasteiger partial charge >= 0.3 is 0 Å². The van der Waals surface area contributed by atoms with Gasteiger partial charge in [0.1, 0.15) is 29.9 Å². The summed E-state index contributed by atoms with van der Waals surface area (Å²) in [4.78, 5) is 27.6. The first kappa shape index (κ1) is 28.9. The monoisotopic (exact) mass is 523 g/mol. The molecule has 11 heteroatoms. The molecule has 1 atom stereocenters. The fourth-order valence-corrected chi connectivity index (χ4v) is 4.34. The van der Waals surface area contributed by atoms with Crippen molar-refractivity contribution < 1.29 is 31.9 Å². The fourth-order valence-electron chi connectivity index (χ4n) is 3.49. The average Bonchev–Trinajstić information content (AvgIpc) is 2.85. The Labute approximate surface area is 212 Å². The smallest absolute Gasteiger partial charge is 0.244 e. The molecule has 0 spiro atoms. The molecule has 36 heavy (non-hydrogen) atoms. The lowest BCUT2D eigenvalue weighted by molar-refractivity contribution is -0.139. The van der Waals surface area contributed by atoms with Gasteiger partial charge in [0.25, 0.3) is 0 Å². The van der Waals surface area contributed by atoms with Gasteiger partial charge in [0.15, 0.2) is 0 Å². The second kappa shape index (κ2) is 13.1. The van der Waals surface area contributed by atoms with E-state index in [1.165, 1.54) is 55.5 Å². The van der Waals surface area contributed by atoms with E-state index in [2.05, 4.69) is 5.32 Å². The minimum Gasteiger partial charge on any atom is -0.497 e. The van der Waals surface area contributed by atoms with E-state index in [9.17, 15) is 22.4 Å². The highest BCUT2D eigenvalue weighted by molar-refractivity contribution is 7.92. The van der Waals surface area contributed by atoms with Gasteiger partial charge in [-0.25, -0.2) is 12.8 Å². The summed E-state index contributed by atoms with van der Waals surface area (Å²) in [5.41, 5.74) is 0.738. The highest BCUT2D eigenvalue weighted by Gasteiger charge is 2.31. The summed E-state index contributed by atoms with van der Waals surface area (Å²) < 4.78 is 50.3. The van der Waals surface area contributed by atoms with Crippen LogP contribution in [-0.4, -0.2) is 64.7 Å². The molecule has 0 aliphatic heterocycles. The number of nitrogens with one attached hydrogen (secondary N) is 1. The van der Waals surface area contributed by atoms with Crippen LogP contribution >= 0.6 is 0 Å². The van der Waals surface area contributed by atoms with Crippen molar-refractivity contribution in [3.8, 4) is 11.5 Å². The van der Waals surface area contributed by atoms with Gasteiger partial charge in [-0.05, 0) is 43.2 Å². The quantitative estimate of drug-likeness (QED) is 0.405. The Kier molecular flexibility index (Phi) is 10.5. The Balaban J connectivity index is 2.41. The van der Waals surface area contributed by atoms with E-state index in [0.29, 0.717) is 17.9 Å². The van der Waals surface area contributed by atoms with Crippen LogP contribution in [0.15, 0.2) is 42.5 Å². The largest absolute Gasteiger partial charge is 0.497 e. The molecule has 0 unspecified atom stereocenters. The molecule has 0 aromatic heterocycles. The lowest BCUT2D eigenvalue weighted by atomic mass is 10.1. The minimum absolute atomic E-state index is 0.0151. The Morgan fingerprint density at radius 3 is 2.31 bits per heavy atom. The second-order valence-electron chi connectivity index (χ2n) is 8.28. The van der Waals surface area contributed by atoms with Gasteiger partial charge < -0.3 is 19.7 Å². The summed E-state index contributed by atoms with van der Waals surface area (Å²) >= 11 is 0. The van der Waals surface area contributed by atoms with Gasteiger partial charge in [-0.1, -0.05) is 25.5 Å². The molecule has 198 valence electrons.